The van der Waals surface area contributed by atoms with Gasteiger partial charge in [0.25, 0.3) is 0 Å². The molecule has 0 amide bonds. The standard InChI is InChI=1S/C69H45N7/c70-44-47-22-28-53(29-23-47)73(65-19-7-13-50-10-1-4-16-60(50)65)56-34-36-57(37-35-56)76-68-42-58(74(54-30-24-48(45-71)25-31-54)66-20-8-14-51-11-2-5-17-61(51)66)38-40-63(68)64-41-39-59(43-69(64)76)75(55-32-26-49(46-72)27-33-55)67-21-9-15-52-12-3-6-18-62(52)67/h1-38,40-43,59H,39H2. The van der Waals surface area contributed by atoms with E-state index in [1.807, 2.05) is 60.7 Å². The lowest BCUT2D eigenvalue weighted by Gasteiger charge is -2.33. The number of fused-ring (bicyclic) bond motifs is 6. The molecule has 0 radical (unpaired) electrons. The minimum atomic E-state index is -0.114. The molecule has 0 spiro atoms. The highest BCUT2D eigenvalue weighted by molar-refractivity contribution is 6.02. The summed E-state index contributed by atoms with van der Waals surface area (Å²) in [7, 11) is 0. The first-order chi connectivity index (χ1) is 37.5. The van der Waals surface area contributed by atoms with Crippen molar-refractivity contribution < 1.29 is 0 Å². The summed E-state index contributed by atoms with van der Waals surface area (Å²) < 4.78 is 2.41. The van der Waals surface area contributed by atoms with Gasteiger partial charge < -0.3 is 19.3 Å². The van der Waals surface area contributed by atoms with Crippen LogP contribution in [-0.2, 0) is 0 Å². The number of anilines is 8. The molecular weight excluding hydrogens is 927 g/mol. The molecule has 1 atom stereocenters. The first-order valence-electron chi connectivity index (χ1n) is 25.4. The fraction of sp³-hybridized carbons (Fsp3) is 0.0290. The van der Waals surface area contributed by atoms with E-state index in [2.05, 4.69) is 232 Å². The Bertz CT molecular complexity index is 4460. The summed E-state index contributed by atoms with van der Waals surface area (Å²) >= 11 is 0. The van der Waals surface area contributed by atoms with Crippen LogP contribution in [0.2, 0.25) is 0 Å². The molecule has 1 heterocycles. The Morgan fingerprint density at radius 3 is 1.29 bits per heavy atom. The summed E-state index contributed by atoms with van der Waals surface area (Å²) in [6.07, 6.45) is 5.55. The summed E-state index contributed by atoms with van der Waals surface area (Å²) in [5.74, 6) is 0. The molecule has 11 aromatic carbocycles. The number of aromatic nitrogens is 1. The molecule has 13 rings (SSSR count). The Labute approximate surface area is 440 Å². The second-order valence-electron chi connectivity index (χ2n) is 19.0. The number of nitrogens with zero attached hydrogens (tertiary/aromatic N) is 7. The fourth-order valence-electron chi connectivity index (χ4n) is 11.2. The molecule has 0 saturated heterocycles. The van der Waals surface area contributed by atoms with Gasteiger partial charge in [0.05, 0.1) is 63.2 Å². The summed E-state index contributed by atoms with van der Waals surface area (Å²) in [4.78, 5) is 6.99. The highest BCUT2D eigenvalue weighted by Crippen LogP contribution is 2.43. The van der Waals surface area contributed by atoms with Gasteiger partial charge in [-0.3, -0.25) is 0 Å². The van der Waals surface area contributed by atoms with E-state index in [1.165, 1.54) is 0 Å². The Balaban J connectivity index is 1.05. The van der Waals surface area contributed by atoms with Gasteiger partial charge in [0.15, 0.2) is 0 Å². The van der Waals surface area contributed by atoms with E-state index in [1.54, 1.807) is 0 Å². The van der Waals surface area contributed by atoms with Gasteiger partial charge in [-0.25, -0.2) is 0 Å². The van der Waals surface area contributed by atoms with Crippen molar-refractivity contribution >= 4 is 101 Å². The zero-order chi connectivity index (χ0) is 51.1. The SMILES string of the molecule is N#Cc1ccc(N(c2ccc(-n3c4c(c5ccc(N(c6ccc(C#N)cc6)c6cccc7ccccc67)cc53)=CCC(N(c3ccc(C#N)cc3)c3cccc5ccccc35)C=4)cc2)c2cccc3ccccc23)cc1. The molecule has 7 heteroatoms. The van der Waals surface area contributed by atoms with E-state index in [-0.39, 0.29) is 6.04 Å². The molecule has 1 aliphatic carbocycles. The molecular formula is C69H45N7. The van der Waals surface area contributed by atoms with Crippen LogP contribution in [0.4, 0.5) is 45.5 Å². The highest BCUT2D eigenvalue weighted by atomic mass is 15.2. The Kier molecular flexibility index (Phi) is 11.4. The van der Waals surface area contributed by atoms with Crippen molar-refractivity contribution in [2.75, 3.05) is 14.7 Å². The quantitative estimate of drug-likeness (QED) is 0.136. The van der Waals surface area contributed by atoms with Crippen molar-refractivity contribution in [2.24, 2.45) is 0 Å². The lowest BCUT2D eigenvalue weighted by atomic mass is 10.00. The van der Waals surface area contributed by atoms with Crippen molar-refractivity contribution in [3.8, 4) is 23.9 Å². The van der Waals surface area contributed by atoms with Crippen LogP contribution in [0, 0.1) is 34.0 Å². The molecule has 0 bridgehead atoms. The highest BCUT2D eigenvalue weighted by Gasteiger charge is 2.26. The number of benzene rings is 11. The minimum Gasteiger partial charge on any atom is -0.334 e. The van der Waals surface area contributed by atoms with Gasteiger partial charge >= 0.3 is 0 Å². The van der Waals surface area contributed by atoms with Gasteiger partial charge in [-0.05, 0) is 156 Å². The fourth-order valence-corrected chi connectivity index (χ4v) is 11.2. The Morgan fingerprint density at radius 1 is 0.382 bits per heavy atom. The lowest BCUT2D eigenvalue weighted by molar-refractivity contribution is 0.832. The summed E-state index contributed by atoms with van der Waals surface area (Å²) in [6.45, 7) is 0. The Hall–Kier alpha value is -10.7. The molecule has 1 aromatic heterocycles. The van der Waals surface area contributed by atoms with Gasteiger partial charge in [-0.1, -0.05) is 121 Å². The lowest BCUT2D eigenvalue weighted by Crippen LogP contribution is -2.39. The minimum absolute atomic E-state index is 0.114. The predicted molar refractivity (Wildman–Crippen MR) is 311 cm³/mol. The first-order valence-corrected chi connectivity index (χ1v) is 25.4. The molecule has 76 heavy (non-hydrogen) atoms. The normalized spacial score (nSPS) is 12.7. The van der Waals surface area contributed by atoms with Crippen LogP contribution in [0.5, 0.6) is 0 Å². The second-order valence-corrected chi connectivity index (χ2v) is 19.0. The van der Waals surface area contributed by atoms with Crippen LogP contribution >= 0.6 is 0 Å². The summed E-state index contributed by atoms with van der Waals surface area (Å²) in [5, 5.41) is 39.6. The van der Waals surface area contributed by atoms with Crippen LogP contribution in [0.3, 0.4) is 0 Å². The van der Waals surface area contributed by atoms with E-state index < -0.39 is 0 Å². The smallest absolute Gasteiger partial charge is 0.0991 e. The third-order valence-corrected chi connectivity index (χ3v) is 14.7. The predicted octanol–water partition coefficient (Wildman–Crippen LogP) is 15.8. The molecule has 0 N–H and O–H groups in total. The number of hydrogen-bond acceptors (Lipinski definition) is 6. The van der Waals surface area contributed by atoms with E-state index >= 15 is 0 Å². The van der Waals surface area contributed by atoms with Crippen molar-refractivity contribution in [3.63, 3.8) is 0 Å². The molecule has 0 fully saturated rings. The van der Waals surface area contributed by atoms with E-state index in [9.17, 15) is 15.8 Å². The Morgan fingerprint density at radius 2 is 0.789 bits per heavy atom. The van der Waals surface area contributed by atoms with Crippen LogP contribution in [0.25, 0.3) is 61.1 Å². The maximum absolute atomic E-state index is 9.86. The van der Waals surface area contributed by atoms with Crippen molar-refractivity contribution in [1.29, 1.82) is 15.8 Å². The average Bonchev–Trinajstić information content (AvgIpc) is 3.82. The van der Waals surface area contributed by atoms with E-state index in [0.29, 0.717) is 16.7 Å². The largest absolute Gasteiger partial charge is 0.334 e. The zero-order valence-electron chi connectivity index (χ0n) is 41.2. The van der Waals surface area contributed by atoms with Crippen LogP contribution in [0.1, 0.15) is 23.1 Å². The number of hydrogen-bond donors (Lipinski definition) is 0. The van der Waals surface area contributed by atoms with Crippen molar-refractivity contribution in [2.45, 2.75) is 12.5 Å². The first kappa shape index (κ1) is 45.2. The summed E-state index contributed by atoms with van der Waals surface area (Å²) in [6, 6.07) is 90.7. The second kappa shape index (κ2) is 19.1. The van der Waals surface area contributed by atoms with Crippen molar-refractivity contribution in [1.82, 2.24) is 4.57 Å². The molecule has 356 valence electrons. The van der Waals surface area contributed by atoms with Gasteiger partial charge in [0.1, 0.15) is 0 Å². The van der Waals surface area contributed by atoms with Gasteiger partial charge in [0, 0.05) is 66.6 Å². The third kappa shape index (κ3) is 7.92. The molecule has 1 aliphatic rings. The van der Waals surface area contributed by atoms with E-state index in [0.717, 1.165) is 111 Å². The van der Waals surface area contributed by atoms with Crippen LogP contribution in [0.15, 0.2) is 243 Å². The topological polar surface area (TPSA) is 86.0 Å². The van der Waals surface area contributed by atoms with Crippen LogP contribution in [-0.4, -0.2) is 10.6 Å². The molecule has 0 saturated carbocycles. The molecule has 7 nitrogen and oxygen atoms in total. The molecule has 1 unspecified atom stereocenters. The monoisotopic (exact) mass is 971 g/mol. The average molecular weight is 972 g/mol. The maximum Gasteiger partial charge on any atom is 0.0991 e. The summed E-state index contributed by atoms with van der Waals surface area (Å²) in [5.41, 5.74) is 11.8. The molecule has 0 aliphatic heterocycles. The van der Waals surface area contributed by atoms with Gasteiger partial charge in [0.2, 0.25) is 0 Å². The number of nitriles is 3. The zero-order valence-corrected chi connectivity index (χ0v) is 41.2. The molecule has 12 aromatic rings. The number of rotatable bonds is 10. The van der Waals surface area contributed by atoms with E-state index in [4.69, 9.17) is 0 Å². The maximum atomic E-state index is 9.86. The van der Waals surface area contributed by atoms with Gasteiger partial charge in [-0.15, -0.1) is 0 Å². The van der Waals surface area contributed by atoms with Gasteiger partial charge in [-0.2, -0.15) is 15.8 Å². The van der Waals surface area contributed by atoms with Crippen molar-refractivity contribution in [3.05, 3.63) is 270 Å². The van der Waals surface area contributed by atoms with Crippen LogP contribution < -0.4 is 25.3 Å². The third-order valence-electron chi connectivity index (χ3n) is 14.7.